The highest BCUT2D eigenvalue weighted by atomic mass is 32.2. The van der Waals surface area contributed by atoms with Crippen LogP contribution in [0.3, 0.4) is 0 Å². The molecule has 0 radical (unpaired) electrons. The van der Waals surface area contributed by atoms with Crippen LogP contribution in [0.15, 0.2) is 9.70 Å². The van der Waals surface area contributed by atoms with Crippen LogP contribution in [-0.2, 0) is 11.8 Å². The van der Waals surface area contributed by atoms with Crippen LogP contribution in [0.5, 0.6) is 0 Å². The van der Waals surface area contributed by atoms with Crippen LogP contribution in [0.1, 0.15) is 61.6 Å². The highest BCUT2D eigenvalue weighted by Gasteiger charge is 2.38. The van der Waals surface area contributed by atoms with Gasteiger partial charge in [-0.15, -0.1) is 0 Å². The molecule has 2 aliphatic heterocycles. The first kappa shape index (κ1) is 21.1. The van der Waals surface area contributed by atoms with Gasteiger partial charge in [0.25, 0.3) is 11.5 Å². The second-order valence-corrected chi connectivity index (χ2v) is 9.93. The molecule has 4 rings (SSSR count). The lowest BCUT2D eigenvalue weighted by molar-refractivity contribution is -0.123. The first-order valence-electron chi connectivity index (χ1n) is 10.6. The SMILES string of the molecule is Cc1c(/C=C2\SC(=S)N(C3CCCC3)C2=O)c(N2CCCCC2)n(C)c(=O)c1C#N. The Morgan fingerprint density at radius 1 is 1.13 bits per heavy atom. The van der Waals surface area contributed by atoms with E-state index in [9.17, 15) is 14.9 Å². The van der Waals surface area contributed by atoms with Gasteiger partial charge in [0, 0.05) is 31.7 Å². The average Bonchev–Trinajstić information content (AvgIpc) is 3.35. The van der Waals surface area contributed by atoms with Gasteiger partial charge in [0.15, 0.2) is 0 Å². The molecule has 1 aromatic rings. The summed E-state index contributed by atoms with van der Waals surface area (Å²) in [6, 6.07) is 2.26. The predicted molar refractivity (Wildman–Crippen MR) is 124 cm³/mol. The van der Waals surface area contributed by atoms with Gasteiger partial charge in [0.05, 0.1) is 4.91 Å². The molecule has 1 saturated carbocycles. The second kappa shape index (κ2) is 8.56. The van der Waals surface area contributed by atoms with E-state index in [1.165, 1.54) is 18.2 Å². The zero-order valence-electron chi connectivity index (χ0n) is 17.4. The third-order valence-corrected chi connectivity index (χ3v) is 7.74. The Kier molecular flexibility index (Phi) is 6.03. The molecule has 0 N–H and O–H groups in total. The van der Waals surface area contributed by atoms with Crippen molar-refractivity contribution in [2.45, 2.75) is 57.9 Å². The minimum absolute atomic E-state index is 0.0479. The summed E-state index contributed by atoms with van der Waals surface area (Å²) in [7, 11) is 1.72. The van der Waals surface area contributed by atoms with Crippen molar-refractivity contribution in [3.8, 4) is 6.07 Å². The number of thiocarbonyl (C=S) groups is 1. The molecule has 0 aromatic carbocycles. The molecular formula is C22H26N4O2S2. The van der Waals surface area contributed by atoms with Gasteiger partial charge in [0.2, 0.25) is 0 Å². The van der Waals surface area contributed by atoms with Gasteiger partial charge in [-0.25, -0.2) is 0 Å². The first-order valence-corrected chi connectivity index (χ1v) is 11.8. The molecule has 1 amide bonds. The number of pyridine rings is 1. The smallest absolute Gasteiger partial charge is 0.270 e. The van der Waals surface area contributed by atoms with Gasteiger partial charge in [0.1, 0.15) is 21.8 Å². The topological polar surface area (TPSA) is 69.3 Å². The predicted octanol–water partition coefficient (Wildman–Crippen LogP) is 3.70. The molecule has 3 aliphatic rings. The van der Waals surface area contributed by atoms with Crippen LogP contribution < -0.4 is 10.5 Å². The number of hydrogen-bond acceptors (Lipinski definition) is 6. The molecule has 3 heterocycles. The van der Waals surface area contributed by atoms with E-state index in [2.05, 4.69) is 11.0 Å². The maximum atomic E-state index is 13.2. The summed E-state index contributed by atoms with van der Waals surface area (Å²) in [5.74, 6) is 0.746. The van der Waals surface area contributed by atoms with Gasteiger partial charge in [-0.2, -0.15) is 5.26 Å². The fourth-order valence-electron chi connectivity index (χ4n) is 4.79. The minimum Gasteiger partial charge on any atom is -0.357 e. The molecule has 30 heavy (non-hydrogen) atoms. The van der Waals surface area contributed by atoms with Gasteiger partial charge >= 0.3 is 0 Å². The summed E-state index contributed by atoms with van der Waals surface area (Å²) in [6.07, 6.45) is 9.42. The molecule has 0 bridgehead atoms. The largest absolute Gasteiger partial charge is 0.357 e. The molecular weight excluding hydrogens is 416 g/mol. The van der Waals surface area contributed by atoms with Crippen molar-refractivity contribution in [2.24, 2.45) is 7.05 Å². The van der Waals surface area contributed by atoms with E-state index < -0.39 is 0 Å². The van der Waals surface area contributed by atoms with Crippen LogP contribution in [0.2, 0.25) is 0 Å². The molecule has 6 nitrogen and oxygen atoms in total. The number of piperidine rings is 1. The lowest BCUT2D eigenvalue weighted by atomic mass is 10.0. The summed E-state index contributed by atoms with van der Waals surface area (Å²) in [5.41, 5.74) is 1.26. The van der Waals surface area contributed by atoms with E-state index in [-0.39, 0.29) is 23.1 Å². The number of carbonyl (C=O) groups excluding carboxylic acids is 1. The standard InChI is InChI=1S/C22H26N4O2S2/c1-14-16(12-18-21(28)26(22(29)30-18)15-8-4-5-9-15)19(25-10-6-3-7-11-25)24(2)20(27)17(14)13-23/h12,15H,3-11H2,1-2H3/b18-12-. The van der Waals surface area contributed by atoms with Crippen molar-refractivity contribution in [1.29, 1.82) is 5.26 Å². The Morgan fingerprint density at radius 3 is 2.43 bits per heavy atom. The molecule has 1 aliphatic carbocycles. The minimum atomic E-state index is -0.286. The number of aromatic nitrogens is 1. The molecule has 8 heteroatoms. The number of hydrogen-bond donors (Lipinski definition) is 0. The average molecular weight is 443 g/mol. The van der Waals surface area contributed by atoms with Crippen LogP contribution >= 0.6 is 24.0 Å². The molecule has 158 valence electrons. The maximum absolute atomic E-state index is 13.2. The zero-order chi connectivity index (χ0) is 21.4. The molecule has 0 spiro atoms. The number of thioether (sulfide) groups is 1. The maximum Gasteiger partial charge on any atom is 0.270 e. The van der Waals surface area contributed by atoms with Crippen molar-refractivity contribution in [1.82, 2.24) is 9.47 Å². The van der Waals surface area contributed by atoms with E-state index in [1.807, 2.05) is 6.08 Å². The summed E-state index contributed by atoms with van der Waals surface area (Å²) < 4.78 is 2.18. The van der Waals surface area contributed by atoms with Gasteiger partial charge in [-0.3, -0.25) is 19.1 Å². The summed E-state index contributed by atoms with van der Waals surface area (Å²) in [5, 5.41) is 9.59. The molecule has 0 atom stereocenters. The Morgan fingerprint density at radius 2 is 1.80 bits per heavy atom. The van der Waals surface area contributed by atoms with Crippen LogP contribution in [0.4, 0.5) is 5.82 Å². The van der Waals surface area contributed by atoms with Crippen molar-refractivity contribution in [3.63, 3.8) is 0 Å². The summed E-state index contributed by atoms with van der Waals surface area (Å²) in [4.78, 5) is 30.6. The Bertz CT molecular complexity index is 1030. The fraction of sp³-hybridized carbons (Fsp3) is 0.545. The molecule has 1 aromatic heterocycles. The monoisotopic (exact) mass is 442 g/mol. The number of amides is 1. The van der Waals surface area contributed by atoms with Gasteiger partial charge in [-0.05, 0) is 50.7 Å². The number of rotatable bonds is 3. The molecule has 0 unspecified atom stereocenters. The summed E-state index contributed by atoms with van der Waals surface area (Å²) in [6.45, 7) is 3.53. The lowest BCUT2D eigenvalue weighted by Crippen LogP contribution is -2.37. The fourth-order valence-corrected chi connectivity index (χ4v) is 6.17. The zero-order valence-corrected chi connectivity index (χ0v) is 19.1. The van der Waals surface area contributed by atoms with E-state index in [4.69, 9.17) is 12.2 Å². The number of nitriles is 1. The lowest BCUT2D eigenvalue weighted by Gasteiger charge is -2.32. The highest BCUT2D eigenvalue weighted by molar-refractivity contribution is 8.26. The van der Waals surface area contributed by atoms with Crippen molar-refractivity contribution in [3.05, 3.63) is 31.9 Å². The van der Waals surface area contributed by atoms with E-state index >= 15 is 0 Å². The Balaban J connectivity index is 1.82. The van der Waals surface area contributed by atoms with Gasteiger partial charge < -0.3 is 4.90 Å². The second-order valence-electron chi connectivity index (χ2n) is 8.25. The van der Waals surface area contributed by atoms with Crippen molar-refractivity contribution < 1.29 is 4.79 Å². The number of anilines is 1. The normalized spacial score (nSPS) is 21.7. The highest BCUT2D eigenvalue weighted by Crippen LogP contribution is 2.39. The summed E-state index contributed by atoms with van der Waals surface area (Å²) >= 11 is 6.87. The molecule has 3 fully saturated rings. The van der Waals surface area contributed by atoms with Crippen LogP contribution in [0.25, 0.3) is 6.08 Å². The third-order valence-electron chi connectivity index (χ3n) is 6.41. The van der Waals surface area contributed by atoms with E-state index in [1.54, 1.807) is 23.4 Å². The van der Waals surface area contributed by atoms with Crippen LogP contribution in [-0.4, -0.2) is 38.8 Å². The van der Waals surface area contributed by atoms with E-state index in [0.29, 0.717) is 14.8 Å². The Hall–Kier alpha value is -2.11. The third kappa shape index (κ3) is 3.58. The number of nitrogens with zero attached hydrogens (tertiary/aromatic N) is 4. The first-order chi connectivity index (χ1) is 14.4. The van der Waals surface area contributed by atoms with Gasteiger partial charge in [-0.1, -0.05) is 36.8 Å². The van der Waals surface area contributed by atoms with Crippen LogP contribution in [0, 0.1) is 18.3 Å². The van der Waals surface area contributed by atoms with E-state index in [0.717, 1.165) is 63.0 Å². The molecule has 2 saturated heterocycles. The van der Waals surface area contributed by atoms with Crippen molar-refractivity contribution >= 4 is 46.1 Å². The quantitative estimate of drug-likeness (QED) is 0.525. The van der Waals surface area contributed by atoms with Crippen molar-refractivity contribution in [2.75, 3.05) is 18.0 Å². The Labute approximate surface area is 186 Å². The number of carbonyl (C=O) groups is 1.